The van der Waals surface area contributed by atoms with E-state index in [9.17, 15) is 18.0 Å². The number of hydrogen-bond donors (Lipinski definition) is 1. The van der Waals surface area contributed by atoms with Gasteiger partial charge in [0.2, 0.25) is 11.8 Å². The highest BCUT2D eigenvalue weighted by molar-refractivity contribution is 7.92. The molecule has 0 spiro atoms. The molecule has 3 aromatic rings. The van der Waals surface area contributed by atoms with Crippen molar-refractivity contribution in [2.75, 3.05) is 17.4 Å². The van der Waals surface area contributed by atoms with Gasteiger partial charge < -0.3 is 10.2 Å². The standard InChI is InChI=1S/C30H34Cl3N3O4S/c1-4-6-16-34-30(38)28(5-2)35(19-22-13-14-23(31)17-27(22)33)29(37)20-36(24-15-12-21(3)26(32)18-24)41(39,40)25-10-8-7-9-11-25/h7-15,17-18,28H,4-6,16,19-20H2,1-3H3,(H,34,38)/t28-/m0/s1. The molecule has 0 bridgehead atoms. The number of carbonyl (C=O) groups excluding carboxylic acids is 2. The molecule has 0 aromatic heterocycles. The minimum absolute atomic E-state index is 0.0149. The molecule has 3 aromatic carbocycles. The summed E-state index contributed by atoms with van der Waals surface area (Å²) in [5, 5.41) is 4.01. The maximum absolute atomic E-state index is 14.1. The Labute approximate surface area is 257 Å². The van der Waals surface area contributed by atoms with Gasteiger partial charge in [0.15, 0.2) is 0 Å². The third-order valence-electron chi connectivity index (χ3n) is 6.62. The molecule has 41 heavy (non-hydrogen) atoms. The summed E-state index contributed by atoms with van der Waals surface area (Å²) in [4.78, 5) is 28.8. The molecule has 0 heterocycles. The van der Waals surface area contributed by atoms with E-state index in [0.717, 1.165) is 22.7 Å². The quantitative estimate of drug-likeness (QED) is 0.207. The Bertz CT molecular complexity index is 1470. The van der Waals surface area contributed by atoms with Crippen LogP contribution in [0.25, 0.3) is 0 Å². The predicted octanol–water partition coefficient (Wildman–Crippen LogP) is 6.87. The van der Waals surface area contributed by atoms with Crippen molar-refractivity contribution >= 4 is 62.3 Å². The lowest BCUT2D eigenvalue weighted by Gasteiger charge is -2.33. The molecule has 0 fully saturated rings. The Hall–Kier alpha value is -2.78. The molecule has 0 radical (unpaired) electrons. The van der Waals surface area contributed by atoms with Gasteiger partial charge in [-0.15, -0.1) is 0 Å². The number of aryl methyl sites for hydroxylation is 1. The molecule has 0 saturated carbocycles. The summed E-state index contributed by atoms with van der Waals surface area (Å²) in [6, 6.07) is 16.7. The molecule has 0 aliphatic heterocycles. The van der Waals surface area contributed by atoms with E-state index in [4.69, 9.17) is 34.8 Å². The van der Waals surface area contributed by atoms with Gasteiger partial charge in [-0.05, 0) is 67.3 Å². The number of benzene rings is 3. The summed E-state index contributed by atoms with van der Waals surface area (Å²) < 4.78 is 28.8. The molecule has 0 saturated heterocycles. The second kappa shape index (κ2) is 14.9. The molecule has 7 nitrogen and oxygen atoms in total. The molecule has 11 heteroatoms. The van der Waals surface area contributed by atoms with E-state index in [0.29, 0.717) is 33.6 Å². The monoisotopic (exact) mass is 637 g/mol. The predicted molar refractivity (Wildman–Crippen MR) is 166 cm³/mol. The average molecular weight is 639 g/mol. The molecule has 2 amide bonds. The molecular weight excluding hydrogens is 605 g/mol. The summed E-state index contributed by atoms with van der Waals surface area (Å²) >= 11 is 18.9. The lowest BCUT2D eigenvalue weighted by molar-refractivity contribution is -0.140. The second-order valence-corrected chi connectivity index (χ2v) is 12.7. The topological polar surface area (TPSA) is 86.8 Å². The van der Waals surface area contributed by atoms with Crippen LogP contribution >= 0.6 is 34.8 Å². The van der Waals surface area contributed by atoms with Crippen molar-refractivity contribution < 1.29 is 18.0 Å². The maximum atomic E-state index is 14.1. The van der Waals surface area contributed by atoms with Crippen molar-refractivity contribution in [1.82, 2.24) is 10.2 Å². The number of nitrogens with zero attached hydrogens (tertiary/aromatic N) is 2. The first-order chi connectivity index (χ1) is 19.5. The molecule has 220 valence electrons. The zero-order valence-corrected chi connectivity index (χ0v) is 26.3. The summed E-state index contributed by atoms with van der Waals surface area (Å²) in [6.45, 7) is 5.48. The zero-order valence-electron chi connectivity index (χ0n) is 23.2. The fourth-order valence-electron chi connectivity index (χ4n) is 4.24. The lowest BCUT2D eigenvalue weighted by atomic mass is 10.1. The van der Waals surface area contributed by atoms with E-state index in [1.165, 1.54) is 23.1 Å². The van der Waals surface area contributed by atoms with Gasteiger partial charge in [-0.3, -0.25) is 13.9 Å². The lowest BCUT2D eigenvalue weighted by Crippen LogP contribution is -2.52. The largest absolute Gasteiger partial charge is 0.354 e. The van der Waals surface area contributed by atoms with E-state index < -0.39 is 28.5 Å². The van der Waals surface area contributed by atoms with Crippen LogP contribution in [0.1, 0.15) is 44.2 Å². The normalized spacial score (nSPS) is 12.0. The molecule has 0 aliphatic carbocycles. The number of nitrogens with one attached hydrogen (secondary N) is 1. The van der Waals surface area contributed by atoms with Crippen molar-refractivity contribution in [3.63, 3.8) is 0 Å². The van der Waals surface area contributed by atoms with Crippen LogP contribution < -0.4 is 9.62 Å². The molecule has 1 atom stereocenters. The van der Waals surface area contributed by atoms with Crippen molar-refractivity contribution in [2.24, 2.45) is 0 Å². The van der Waals surface area contributed by atoms with E-state index in [2.05, 4.69) is 5.32 Å². The number of rotatable bonds is 13. The SMILES string of the molecule is CCCCNC(=O)[C@H](CC)N(Cc1ccc(Cl)cc1Cl)C(=O)CN(c1ccc(C)c(Cl)c1)S(=O)(=O)c1ccccc1. The van der Waals surface area contributed by atoms with Crippen LogP contribution in [0.4, 0.5) is 5.69 Å². The molecule has 0 unspecified atom stereocenters. The highest BCUT2D eigenvalue weighted by Crippen LogP contribution is 2.29. The van der Waals surface area contributed by atoms with Crippen molar-refractivity contribution in [3.05, 3.63) is 92.9 Å². The third-order valence-corrected chi connectivity index (χ3v) is 9.41. The molecule has 3 rings (SSSR count). The highest BCUT2D eigenvalue weighted by atomic mass is 35.5. The Morgan fingerprint density at radius 2 is 1.63 bits per heavy atom. The number of halogens is 3. The molecule has 1 N–H and O–H groups in total. The first-order valence-corrected chi connectivity index (χ1v) is 15.9. The second-order valence-electron chi connectivity index (χ2n) is 9.58. The Kier molecular flexibility index (Phi) is 11.9. The van der Waals surface area contributed by atoms with Gasteiger partial charge in [0.05, 0.1) is 10.6 Å². The van der Waals surface area contributed by atoms with Gasteiger partial charge in [0, 0.05) is 28.2 Å². The number of anilines is 1. The Balaban J connectivity index is 2.07. The van der Waals surface area contributed by atoms with Crippen molar-refractivity contribution in [3.8, 4) is 0 Å². The highest BCUT2D eigenvalue weighted by Gasteiger charge is 2.34. The van der Waals surface area contributed by atoms with Crippen molar-refractivity contribution in [1.29, 1.82) is 0 Å². The van der Waals surface area contributed by atoms with E-state index in [1.54, 1.807) is 62.4 Å². The Morgan fingerprint density at radius 3 is 2.24 bits per heavy atom. The fourth-order valence-corrected chi connectivity index (χ4v) is 6.31. The first kappa shape index (κ1) is 32.7. The number of hydrogen-bond acceptors (Lipinski definition) is 4. The van der Waals surface area contributed by atoms with Crippen LogP contribution in [-0.4, -0.2) is 44.3 Å². The zero-order chi connectivity index (χ0) is 30.2. The van der Waals surface area contributed by atoms with Crippen LogP contribution in [0.15, 0.2) is 71.6 Å². The van der Waals surface area contributed by atoms with E-state index in [-0.39, 0.29) is 23.0 Å². The summed E-state index contributed by atoms with van der Waals surface area (Å²) in [6.07, 6.45) is 1.98. The van der Waals surface area contributed by atoms with E-state index >= 15 is 0 Å². The minimum atomic E-state index is -4.19. The fraction of sp³-hybridized carbons (Fsp3) is 0.333. The van der Waals surface area contributed by atoms with Gasteiger partial charge in [0.25, 0.3) is 10.0 Å². The average Bonchev–Trinajstić information content (AvgIpc) is 2.94. The van der Waals surface area contributed by atoms with Crippen LogP contribution in [0.5, 0.6) is 0 Å². The number of unbranched alkanes of at least 4 members (excludes halogenated alkanes) is 1. The number of carbonyl (C=O) groups is 2. The third kappa shape index (κ3) is 8.38. The van der Waals surface area contributed by atoms with Gasteiger partial charge in [-0.25, -0.2) is 8.42 Å². The summed E-state index contributed by atoms with van der Waals surface area (Å²) in [5.74, 6) is -0.903. The van der Waals surface area contributed by atoms with Gasteiger partial charge in [-0.2, -0.15) is 0 Å². The van der Waals surface area contributed by atoms with Crippen LogP contribution in [0.3, 0.4) is 0 Å². The molecule has 0 aliphatic rings. The van der Waals surface area contributed by atoms with Gasteiger partial charge >= 0.3 is 0 Å². The first-order valence-electron chi connectivity index (χ1n) is 13.3. The summed E-state index contributed by atoms with van der Waals surface area (Å²) in [5.41, 5.74) is 1.55. The smallest absolute Gasteiger partial charge is 0.264 e. The summed E-state index contributed by atoms with van der Waals surface area (Å²) in [7, 11) is -4.19. The van der Waals surface area contributed by atoms with E-state index in [1.807, 2.05) is 6.92 Å². The number of amides is 2. The van der Waals surface area contributed by atoms with Crippen LogP contribution in [-0.2, 0) is 26.2 Å². The maximum Gasteiger partial charge on any atom is 0.264 e. The van der Waals surface area contributed by atoms with Crippen LogP contribution in [0, 0.1) is 6.92 Å². The van der Waals surface area contributed by atoms with Gasteiger partial charge in [-0.1, -0.05) is 85.4 Å². The van der Waals surface area contributed by atoms with Gasteiger partial charge in [0.1, 0.15) is 12.6 Å². The minimum Gasteiger partial charge on any atom is -0.354 e. The van der Waals surface area contributed by atoms with Crippen LogP contribution in [0.2, 0.25) is 15.1 Å². The van der Waals surface area contributed by atoms with Crippen molar-refractivity contribution in [2.45, 2.75) is 57.5 Å². The number of sulfonamides is 1. The Morgan fingerprint density at radius 1 is 0.927 bits per heavy atom. The molecular formula is C30H34Cl3N3O4S.